The minimum atomic E-state index is -0.0148. The molecule has 0 saturated heterocycles. The van der Waals surface area contributed by atoms with Crippen LogP contribution in [0.4, 0.5) is 0 Å². The number of aromatic nitrogens is 1. The highest BCUT2D eigenvalue weighted by atomic mass is 35.5. The molecule has 0 atom stereocenters. The molecule has 4 heteroatoms. The summed E-state index contributed by atoms with van der Waals surface area (Å²) in [4.78, 5) is 15.5. The van der Waals surface area contributed by atoms with Crippen LogP contribution in [0.25, 0.3) is 11.1 Å². The second-order valence-electron chi connectivity index (χ2n) is 4.32. The van der Waals surface area contributed by atoms with Gasteiger partial charge in [-0.05, 0) is 37.6 Å². The molecule has 0 amide bonds. The number of carbonyl (C=O) groups excluding carboxylic acids is 1. The SMILES string of the molecule is COc1cc(Cl)c(C)cc1-c1cncc(C(C)=O)c1. The van der Waals surface area contributed by atoms with Crippen molar-refractivity contribution < 1.29 is 9.53 Å². The van der Waals surface area contributed by atoms with Gasteiger partial charge in [0.15, 0.2) is 5.78 Å². The molecule has 0 bridgehead atoms. The van der Waals surface area contributed by atoms with Gasteiger partial charge in [0.2, 0.25) is 0 Å². The maximum atomic E-state index is 11.4. The van der Waals surface area contributed by atoms with Gasteiger partial charge in [-0.2, -0.15) is 0 Å². The Kier molecular flexibility index (Phi) is 3.86. The Balaban J connectivity index is 2.61. The van der Waals surface area contributed by atoms with Crippen LogP contribution < -0.4 is 4.74 Å². The minimum absolute atomic E-state index is 0.0148. The number of pyridine rings is 1. The molecule has 19 heavy (non-hydrogen) atoms. The second kappa shape index (κ2) is 5.41. The molecule has 1 aromatic carbocycles. The molecule has 0 spiro atoms. The van der Waals surface area contributed by atoms with Gasteiger partial charge >= 0.3 is 0 Å². The average Bonchev–Trinajstić information content (AvgIpc) is 2.41. The van der Waals surface area contributed by atoms with Crippen LogP contribution in [0.1, 0.15) is 22.8 Å². The lowest BCUT2D eigenvalue weighted by Gasteiger charge is -2.11. The third kappa shape index (κ3) is 2.76. The smallest absolute Gasteiger partial charge is 0.161 e. The van der Waals surface area contributed by atoms with E-state index in [9.17, 15) is 4.79 Å². The van der Waals surface area contributed by atoms with Crippen LogP contribution in [0, 0.1) is 6.92 Å². The Morgan fingerprint density at radius 3 is 2.63 bits per heavy atom. The van der Waals surface area contributed by atoms with Gasteiger partial charge in [-0.15, -0.1) is 0 Å². The van der Waals surface area contributed by atoms with Gasteiger partial charge in [0.05, 0.1) is 7.11 Å². The Morgan fingerprint density at radius 2 is 2.00 bits per heavy atom. The molecular formula is C15H14ClNO2. The molecule has 0 aliphatic carbocycles. The fourth-order valence-electron chi connectivity index (χ4n) is 1.84. The summed E-state index contributed by atoms with van der Waals surface area (Å²) < 4.78 is 5.34. The van der Waals surface area contributed by atoms with Gasteiger partial charge in [-0.1, -0.05) is 11.6 Å². The van der Waals surface area contributed by atoms with Gasteiger partial charge in [0, 0.05) is 34.1 Å². The highest BCUT2D eigenvalue weighted by Gasteiger charge is 2.11. The fourth-order valence-corrected chi connectivity index (χ4v) is 1.99. The zero-order valence-corrected chi connectivity index (χ0v) is 11.8. The van der Waals surface area contributed by atoms with E-state index in [-0.39, 0.29) is 5.78 Å². The van der Waals surface area contributed by atoms with E-state index in [0.29, 0.717) is 16.3 Å². The molecule has 2 aromatic rings. The maximum Gasteiger partial charge on any atom is 0.161 e. The van der Waals surface area contributed by atoms with E-state index < -0.39 is 0 Å². The molecule has 0 unspecified atom stereocenters. The van der Waals surface area contributed by atoms with Crippen molar-refractivity contribution in [2.45, 2.75) is 13.8 Å². The highest BCUT2D eigenvalue weighted by Crippen LogP contribution is 2.34. The Morgan fingerprint density at radius 1 is 1.26 bits per heavy atom. The van der Waals surface area contributed by atoms with Crippen LogP contribution >= 0.6 is 11.6 Å². The van der Waals surface area contributed by atoms with Crippen LogP contribution in [0.5, 0.6) is 5.75 Å². The van der Waals surface area contributed by atoms with Crippen molar-refractivity contribution >= 4 is 17.4 Å². The fraction of sp³-hybridized carbons (Fsp3) is 0.200. The molecule has 0 N–H and O–H groups in total. The Bertz CT molecular complexity index is 638. The lowest BCUT2D eigenvalue weighted by molar-refractivity contribution is 0.101. The third-order valence-electron chi connectivity index (χ3n) is 2.94. The summed E-state index contributed by atoms with van der Waals surface area (Å²) in [7, 11) is 1.59. The number of ketones is 1. The van der Waals surface area contributed by atoms with Crippen LogP contribution in [0.2, 0.25) is 5.02 Å². The van der Waals surface area contributed by atoms with Crippen LogP contribution in [0.15, 0.2) is 30.6 Å². The number of benzene rings is 1. The molecule has 1 heterocycles. The predicted octanol–water partition coefficient (Wildman–Crippen LogP) is 3.92. The maximum absolute atomic E-state index is 11.4. The van der Waals surface area contributed by atoms with Crippen LogP contribution in [-0.4, -0.2) is 17.9 Å². The van der Waals surface area contributed by atoms with Crippen molar-refractivity contribution in [2.24, 2.45) is 0 Å². The Hall–Kier alpha value is -1.87. The van der Waals surface area contributed by atoms with Gasteiger partial charge in [0.25, 0.3) is 0 Å². The first kappa shape index (κ1) is 13.6. The molecule has 0 radical (unpaired) electrons. The second-order valence-corrected chi connectivity index (χ2v) is 4.73. The zero-order chi connectivity index (χ0) is 14.0. The summed E-state index contributed by atoms with van der Waals surface area (Å²) >= 11 is 6.08. The van der Waals surface area contributed by atoms with Crippen molar-refractivity contribution in [3.05, 3.63) is 46.7 Å². The van der Waals surface area contributed by atoms with Crippen molar-refractivity contribution in [3.63, 3.8) is 0 Å². The number of Topliss-reactive ketones (excluding diaryl/α,β-unsaturated/α-hetero) is 1. The largest absolute Gasteiger partial charge is 0.496 e. The number of rotatable bonds is 3. The minimum Gasteiger partial charge on any atom is -0.496 e. The number of methoxy groups -OCH3 is 1. The number of halogens is 1. The van der Waals surface area contributed by atoms with Crippen molar-refractivity contribution in [3.8, 4) is 16.9 Å². The van der Waals surface area contributed by atoms with E-state index in [1.807, 2.05) is 13.0 Å². The van der Waals surface area contributed by atoms with E-state index in [1.165, 1.54) is 6.92 Å². The van der Waals surface area contributed by atoms with E-state index in [1.54, 1.807) is 31.6 Å². The summed E-state index contributed by atoms with van der Waals surface area (Å²) in [5.41, 5.74) is 3.24. The Labute approximate surface area is 117 Å². The molecule has 0 saturated carbocycles. The number of aryl methyl sites for hydroxylation is 1. The molecule has 0 aliphatic heterocycles. The lowest BCUT2D eigenvalue weighted by atomic mass is 10.0. The molecule has 1 aromatic heterocycles. The number of hydrogen-bond acceptors (Lipinski definition) is 3. The van der Waals surface area contributed by atoms with Gasteiger partial charge in [-0.25, -0.2) is 0 Å². The van der Waals surface area contributed by atoms with E-state index in [0.717, 1.165) is 16.7 Å². The molecule has 0 fully saturated rings. The highest BCUT2D eigenvalue weighted by molar-refractivity contribution is 6.31. The number of nitrogens with zero attached hydrogens (tertiary/aromatic N) is 1. The molecule has 3 nitrogen and oxygen atoms in total. The first-order valence-corrected chi connectivity index (χ1v) is 6.21. The molecule has 0 aliphatic rings. The molecule has 2 rings (SSSR count). The summed E-state index contributed by atoms with van der Waals surface area (Å²) in [6, 6.07) is 5.51. The number of hydrogen-bond donors (Lipinski definition) is 0. The predicted molar refractivity (Wildman–Crippen MR) is 76.0 cm³/mol. The van der Waals surface area contributed by atoms with Crippen molar-refractivity contribution in [2.75, 3.05) is 7.11 Å². The number of carbonyl (C=O) groups is 1. The summed E-state index contributed by atoms with van der Waals surface area (Å²) in [6.45, 7) is 3.44. The first-order valence-electron chi connectivity index (χ1n) is 5.83. The van der Waals surface area contributed by atoms with Crippen molar-refractivity contribution in [1.29, 1.82) is 0 Å². The molecular weight excluding hydrogens is 262 g/mol. The van der Waals surface area contributed by atoms with Gasteiger partial charge < -0.3 is 4.74 Å². The summed E-state index contributed by atoms with van der Waals surface area (Å²) in [5, 5.41) is 0.649. The topological polar surface area (TPSA) is 39.2 Å². The summed E-state index contributed by atoms with van der Waals surface area (Å²) in [5.74, 6) is 0.650. The monoisotopic (exact) mass is 275 g/mol. The summed E-state index contributed by atoms with van der Waals surface area (Å²) in [6.07, 6.45) is 3.26. The standard InChI is InChI=1S/C15H14ClNO2/c1-9-4-13(15(19-3)6-14(9)16)12-5-11(10(2)18)7-17-8-12/h4-8H,1-3H3. The zero-order valence-electron chi connectivity index (χ0n) is 11.0. The lowest BCUT2D eigenvalue weighted by Crippen LogP contribution is -1.95. The van der Waals surface area contributed by atoms with Crippen LogP contribution in [0.3, 0.4) is 0 Å². The van der Waals surface area contributed by atoms with Crippen molar-refractivity contribution in [1.82, 2.24) is 4.98 Å². The van der Waals surface area contributed by atoms with E-state index in [4.69, 9.17) is 16.3 Å². The van der Waals surface area contributed by atoms with Gasteiger partial charge in [0.1, 0.15) is 5.75 Å². The van der Waals surface area contributed by atoms with Crippen LogP contribution in [-0.2, 0) is 0 Å². The quantitative estimate of drug-likeness (QED) is 0.797. The normalized spacial score (nSPS) is 10.3. The van der Waals surface area contributed by atoms with Gasteiger partial charge in [-0.3, -0.25) is 9.78 Å². The number of ether oxygens (including phenoxy) is 1. The average molecular weight is 276 g/mol. The van der Waals surface area contributed by atoms with E-state index >= 15 is 0 Å². The van der Waals surface area contributed by atoms with E-state index in [2.05, 4.69) is 4.98 Å². The first-order chi connectivity index (χ1) is 9.02. The molecule has 98 valence electrons. The third-order valence-corrected chi connectivity index (χ3v) is 3.34.